The van der Waals surface area contributed by atoms with Gasteiger partial charge in [0.15, 0.2) is 0 Å². The molecule has 0 aliphatic carbocycles. The Balaban J connectivity index is 1.46. The molecule has 1 N–H and O–H groups in total. The summed E-state index contributed by atoms with van der Waals surface area (Å²) in [5.41, 5.74) is 2.12. The zero-order valence-corrected chi connectivity index (χ0v) is 18.2. The number of carbonyl (C=O) groups excluding carboxylic acids is 1. The number of carbonyl (C=O) groups is 1. The van der Waals surface area contributed by atoms with Gasteiger partial charge < -0.3 is 14.8 Å². The maximum atomic E-state index is 12.3. The van der Waals surface area contributed by atoms with Gasteiger partial charge in [-0.3, -0.25) is 9.69 Å². The van der Waals surface area contributed by atoms with Crippen molar-refractivity contribution in [2.24, 2.45) is 0 Å². The molecule has 0 aliphatic rings. The topological polar surface area (TPSA) is 50.8 Å². The minimum Gasteiger partial charge on any atom is -0.497 e. The van der Waals surface area contributed by atoms with E-state index in [4.69, 9.17) is 9.47 Å². The molecule has 3 aromatic carbocycles. The van der Waals surface area contributed by atoms with Crippen molar-refractivity contribution in [2.45, 2.75) is 19.9 Å². The number of para-hydroxylation sites is 1. The molecule has 0 spiro atoms. The molecule has 0 heterocycles. The summed E-state index contributed by atoms with van der Waals surface area (Å²) in [6, 6.07) is 25.5. The smallest absolute Gasteiger partial charge is 0.224 e. The molecule has 0 radical (unpaired) electrons. The van der Waals surface area contributed by atoms with Crippen LogP contribution in [0.4, 0.5) is 0 Å². The lowest BCUT2D eigenvalue weighted by molar-refractivity contribution is -0.120. The summed E-state index contributed by atoms with van der Waals surface area (Å²) >= 11 is 0. The van der Waals surface area contributed by atoms with Crippen molar-refractivity contribution in [1.82, 2.24) is 10.2 Å². The van der Waals surface area contributed by atoms with Crippen molar-refractivity contribution in [1.29, 1.82) is 0 Å². The molecule has 3 rings (SSSR count). The Morgan fingerprint density at radius 2 is 1.55 bits per heavy atom. The van der Waals surface area contributed by atoms with E-state index in [1.54, 1.807) is 7.11 Å². The third-order valence-electron chi connectivity index (χ3n) is 4.98. The molecule has 5 heteroatoms. The van der Waals surface area contributed by atoms with Crippen LogP contribution in [-0.2, 0) is 17.8 Å². The van der Waals surface area contributed by atoms with Crippen molar-refractivity contribution in [3.63, 3.8) is 0 Å². The number of hydrogen-bond acceptors (Lipinski definition) is 4. The Hall–Kier alpha value is -3.31. The second kappa shape index (κ2) is 11.8. The van der Waals surface area contributed by atoms with Crippen LogP contribution in [0.3, 0.4) is 0 Å². The SMILES string of the molecule is CCN(CCNC(=O)Cc1cccc(OC)c1)Cc1cccc(Oc2ccccc2)c1. The van der Waals surface area contributed by atoms with Gasteiger partial charge in [-0.15, -0.1) is 0 Å². The molecule has 3 aromatic rings. The van der Waals surface area contributed by atoms with Gasteiger partial charge in [0.2, 0.25) is 5.91 Å². The Kier molecular flexibility index (Phi) is 8.49. The first kappa shape index (κ1) is 22.4. The summed E-state index contributed by atoms with van der Waals surface area (Å²) in [7, 11) is 1.63. The number of nitrogens with zero attached hydrogens (tertiary/aromatic N) is 1. The van der Waals surface area contributed by atoms with E-state index >= 15 is 0 Å². The average Bonchev–Trinajstić information content (AvgIpc) is 2.79. The van der Waals surface area contributed by atoms with Crippen LogP contribution in [0.1, 0.15) is 18.1 Å². The molecule has 31 heavy (non-hydrogen) atoms. The van der Waals surface area contributed by atoms with Gasteiger partial charge in [-0.25, -0.2) is 0 Å². The average molecular weight is 419 g/mol. The lowest BCUT2D eigenvalue weighted by Crippen LogP contribution is -2.35. The first-order chi connectivity index (χ1) is 15.2. The lowest BCUT2D eigenvalue weighted by Gasteiger charge is -2.21. The van der Waals surface area contributed by atoms with Crippen molar-refractivity contribution >= 4 is 5.91 Å². The van der Waals surface area contributed by atoms with Gasteiger partial charge in [0, 0.05) is 19.6 Å². The van der Waals surface area contributed by atoms with E-state index in [9.17, 15) is 4.79 Å². The summed E-state index contributed by atoms with van der Waals surface area (Å²) in [4.78, 5) is 14.6. The zero-order chi connectivity index (χ0) is 21.9. The van der Waals surface area contributed by atoms with Crippen molar-refractivity contribution < 1.29 is 14.3 Å². The van der Waals surface area contributed by atoms with E-state index in [0.717, 1.165) is 42.4 Å². The summed E-state index contributed by atoms with van der Waals surface area (Å²) in [6.45, 7) is 5.22. The number of ether oxygens (including phenoxy) is 2. The number of methoxy groups -OCH3 is 1. The monoisotopic (exact) mass is 418 g/mol. The summed E-state index contributed by atoms with van der Waals surface area (Å²) in [5.74, 6) is 2.43. The van der Waals surface area contributed by atoms with E-state index in [0.29, 0.717) is 13.0 Å². The highest BCUT2D eigenvalue weighted by Gasteiger charge is 2.08. The Morgan fingerprint density at radius 1 is 0.871 bits per heavy atom. The van der Waals surface area contributed by atoms with Crippen LogP contribution in [0.15, 0.2) is 78.9 Å². The molecule has 5 nitrogen and oxygen atoms in total. The normalized spacial score (nSPS) is 10.7. The molecular formula is C26H30N2O3. The number of rotatable bonds is 11. The Bertz CT molecular complexity index is 960. The molecule has 0 bridgehead atoms. The fourth-order valence-corrected chi connectivity index (χ4v) is 3.32. The van der Waals surface area contributed by atoms with E-state index in [2.05, 4.69) is 29.3 Å². The highest BCUT2D eigenvalue weighted by atomic mass is 16.5. The van der Waals surface area contributed by atoms with Crippen molar-refractivity contribution in [3.05, 3.63) is 90.0 Å². The molecule has 0 atom stereocenters. The fraction of sp³-hybridized carbons (Fsp3) is 0.269. The molecule has 0 saturated heterocycles. The number of hydrogen-bond donors (Lipinski definition) is 1. The van der Waals surface area contributed by atoms with Gasteiger partial charge in [0.25, 0.3) is 0 Å². The highest BCUT2D eigenvalue weighted by Crippen LogP contribution is 2.22. The minimum absolute atomic E-state index is 0.0163. The highest BCUT2D eigenvalue weighted by molar-refractivity contribution is 5.78. The van der Waals surface area contributed by atoms with Crippen molar-refractivity contribution in [3.8, 4) is 17.2 Å². The van der Waals surface area contributed by atoms with Crippen LogP contribution < -0.4 is 14.8 Å². The molecule has 0 unspecified atom stereocenters. The Labute approximate surface area is 184 Å². The van der Waals surface area contributed by atoms with Crippen LogP contribution in [0.5, 0.6) is 17.2 Å². The maximum Gasteiger partial charge on any atom is 0.224 e. The number of amides is 1. The predicted octanol–water partition coefficient (Wildman–Crippen LogP) is 4.67. The molecule has 0 aromatic heterocycles. The maximum absolute atomic E-state index is 12.3. The second-order valence-corrected chi connectivity index (χ2v) is 7.31. The standard InChI is InChI=1S/C26H30N2O3/c1-3-28(16-15-27-26(29)19-21-9-7-13-24(17-21)30-2)20-22-10-8-14-25(18-22)31-23-11-5-4-6-12-23/h4-14,17-18H,3,15-16,19-20H2,1-2H3,(H,27,29). The van der Waals surface area contributed by atoms with Gasteiger partial charge in [0.1, 0.15) is 17.2 Å². The van der Waals surface area contributed by atoms with Gasteiger partial charge in [-0.05, 0) is 54.1 Å². The zero-order valence-electron chi connectivity index (χ0n) is 18.2. The summed E-state index contributed by atoms with van der Waals surface area (Å²) in [5, 5.41) is 3.02. The molecule has 0 aliphatic heterocycles. The molecule has 0 fully saturated rings. The lowest BCUT2D eigenvalue weighted by atomic mass is 10.1. The predicted molar refractivity (Wildman–Crippen MR) is 124 cm³/mol. The van der Waals surface area contributed by atoms with Crippen LogP contribution in [0, 0.1) is 0 Å². The second-order valence-electron chi connectivity index (χ2n) is 7.31. The third-order valence-corrected chi connectivity index (χ3v) is 4.98. The third kappa shape index (κ3) is 7.46. The first-order valence-corrected chi connectivity index (χ1v) is 10.6. The largest absolute Gasteiger partial charge is 0.497 e. The first-order valence-electron chi connectivity index (χ1n) is 10.6. The van der Waals surface area contributed by atoms with Crippen LogP contribution in [-0.4, -0.2) is 37.6 Å². The molecule has 162 valence electrons. The van der Waals surface area contributed by atoms with Gasteiger partial charge >= 0.3 is 0 Å². The number of likely N-dealkylation sites (N-methyl/N-ethyl adjacent to an activating group) is 1. The van der Waals surface area contributed by atoms with E-state index in [-0.39, 0.29) is 5.91 Å². The fourth-order valence-electron chi connectivity index (χ4n) is 3.32. The van der Waals surface area contributed by atoms with E-state index < -0.39 is 0 Å². The molecule has 0 saturated carbocycles. The van der Waals surface area contributed by atoms with Gasteiger partial charge in [0.05, 0.1) is 13.5 Å². The van der Waals surface area contributed by atoms with Gasteiger partial charge in [-0.1, -0.05) is 49.4 Å². The molecular weight excluding hydrogens is 388 g/mol. The minimum atomic E-state index is 0.0163. The quantitative estimate of drug-likeness (QED) is 0.492. The van der Waals surface area contributed by atoms with Gasteiger partial charge in [-0.2, -0.15) is 0 Å². The van der Waals surface area contributed by atoms with Crippen molar-refractivity contribution in [2.75, 3.05) is 26.7 Å². The Morgan fingerprint density at radius 3 is 2.29 bits per heavy atom. The summed E-state index contributed by atoms with van der Waals surface area (Å²) in [6.07, 6.45) is 0.349. The molecule has 1 amide bonds. The number of benzene rings is 3. The number of nitrogens with one attached hydrogen (secondary N) is 1. The van der Waals surface area contributed by atoms with E-state index in [1.807, 2.05) is 66.7 Å². The summed E-state index contributed by atoms with van der Waals surface area (Å²) < 4.78 is 11.1. The van der Waals surface area contributed by atoms with E-state index in [1.165, 1.54) is 5.56 Å². The van der Waals surface area contributed by atoms with Crippen LogP contribution in [0.25, 0.3) is 0 Å². The van der Waals surface area contributed by atoms with Crippen LogP contribution in [0.2, 0.25) is 0 Å². The van der Waals surface area contributed by atoms with Crippen LogP contribution >= 0.6 is 0 Å².